The normalized spacial score (nSPS) is 9.29. The van der Waals surface area contributed by atoms with Gasteiger partial charge in [0.2, 0.25) is 0 Å². The molecule has 0 fully saturated rings. The average Bonchev–Trinajstić information content (AvgIpc) is 2.27. The third-order valence-corrected chi connectivity index (χ3v) is 2.32. The highest BCUT2D eigenvalue weighted by Gasteiger charge is 2.13. The minimum atomic E-state index is -0.107. The Bertz CT molecular complexity index is 337. The maximum Gasteiger partial charge on any atom is 0.259 e. The van der Waals surface area contributed by atoms with Crippen LogP contribution in [0.3, 0.4) is 0 Å². The fraction of sp³-hybridized carbons (Fsp3) is 0.200. The van der Waals surface area contributed by atoms with E-state index in [1.165, 1.54) is 4.90 Å². The molecule has 4 heteroatoms. The SMILES string of the molecule is CNC(=S)N(C)C(=O)c1ccccc1. The number of nitrogens with zero attached hydrogens (tertiary/aromatic N) is 1. The number of hydrogen-bond donors (Lipinski definition) is 1. The van der Waals surface area contributed by atoms with Gasteiger partial charge in [-0.3, -0.25) is 9.69 Å². The molecule has 1 N–H and O–H groups in total. The lowest BCUT2D eigenvalue weighted by Gasteiger charge is -2.17. The molecule has 0 spiro atoms. The van der Waals surface area contributed by atoms with Crippen LogP contribution in [0.25, 0.3) is 0 Å². The number of benzene rings is 1. The number of hydrogen-bond acceptors (Lipinski definition) is 2. The summed E-state index contributed by atoms with van der Waals surface area (Å²) in [6.07, 6.45) is 0. The fourth-order valence-electron chi connectivity index (χ4n) is 1.03. The van der Waals surface area contributed by atoms with E-state index in [9.17, 15) is 4.79 Å². The molecule has 1 aromatic carbocycles. The molecular formula is C10H12N2OS. The number of rotatable bonds is 1. The van der Waals surface area contributed by atoms with Gasteiger partial charge in [0.1, 0.15) is 0 Å². The van der Waals surface area contributed by atoms with Gasteiger partial charge in [0.25, 0.3) is 5.91 Å². The summed E-state index contributed by atoms with van der Waals surface area (Å²) < 4.78 is 0. The Labute approximate surface area is 88.7 Å². The molecule has 74 valence electrons. The number of nitrogens with one attached hydrogen (secondary N) is 1. The lowest BCUT2D eigenvalue weighted by Crippen LogP contribution is -2.39. The van der Waals surface area contributed by atoms with E-state index in [1.54, 1.807) is 26.2 Å². The number of thiocarbonyl (C=S) groups is 1. The van der Waals surface area contributed by atoms with Crippen molar-refractivity contribution < 1.29 is 4.79 Å². The van der Waals surface area contributed by atoms with Crippen molar-refractivity contribution in [3.8, 4) is 0 Å². The maximum atomic E-state index is 11.7. The highest BCUT2D eigenvalue weighted by atomic mass is 32.1. The van der Waals surface area contributed by atoms with Crippen molar-refractivity contribution in [1.82, 2.24) is 10.2 Å². The van der Waals surface area contributed by atoms with Gasteiger partial charge in [-0.2, -0.15) is 0 Å². The summed E-state index contributed by atoms with van der Waals surface area (Å²) in [7, 11) is 3.34. The predicted octanol–water partition coefficient (Wildman–Crippen LogP) is 1.26. The van der Waals surface area contributed by atoms with E-state index in [2.05, 4.69) is 5.32 Å². The largest absolute Gasteiger partial charge is 0.365 e. The van der Waals surface area contributed by atoms with E-state index < -0.39 is 0 Å². The summed E-state index contributed by atoms with van der Waals surface area (Å²) in [6.45, 7) is 0. The molecule has 0 saturated heterocycles. The van der Waals surface area contributed by atoms with Crippen molar-refractivity contribution in [2.24, 2.45) is 0 Å². The first-order chi connectivity index (χ1) is 6.66. The van der Waals surface area contributed by atoms with Crippen LogP contribution in [0, 0.1) is 0 Å². The van der Waals surface area contributed by atoms with Crippen molar-refractivity contribution in [2.45, 2.75) is 0 Å². The van der Waals surface area contributed by atoms with Crippen molar-refractivity contribution in [3.63, 3.8) is 0 Å². The zero-order valence-electron chi connectivity index (χ0n) is 8.15. The van der Waals surface area contributed by atoms with Crippen LogP contribution in [0.4, 0.5) is 0 Å². The number of amides is 1. The molecule has 0 atom stereocenters. The predicted molar refractivity (Wildman–Crippen MR) is 60.2 cm³/mol. The van der Waals surface area contributed by atoms with Gasteiger partial charge in [-0.05, 0) is 24.4 Å². The van der Waals surface area contributed by atoms with E-state index in [1.807, 2.05) is 18.2 Å². The molecule has 0 radical (unpaired) electrons. The van der Waals surface area contributed by atoms with E-state index in [4.69, 9.17) is 12.2 Å². The van der Waals surface area contributed by atoms with Crippen LogP contribution >= 0.6 is 12.2 Å². The monoisotopic (exact) mass is 208 g/mol. The molecule has 0 aromatic heterocycles. The summed E-state index contributed by atoms with van der Waals surface area (Å²) >= 11 is 4.95. The van der Waals surface area contributed by atoms with E-state index >= 15 is 0 Å². The first kappa shape index (κ1) is 10.7. The number of carbonyl (C=O) groups excluding carboxylic acids is 1. The van der Waals surface area contributed by atoms with Gasteiger partial charge in [0, 0.05) is 19.7 Å². The third-order valence-electron chi connectivity index (χ3n) is 1.84. The molecule has 0 aliphatic rings. The van der Waals surface area contributed by atoms with Crippen LogP contribution in [0.1, 0.15) is 10.4 Å². The molecular weight excluding hydrogens is 196 g/mol. The lowest BCUT2D eigenvalue weighted by atomic mass is 10.2. The Hall–Kier alpha value is -1.42. The Morgan fingerprint density at radius 3 is 2.43 bits per heavy atom. The van der Waals surface area contributed by atoms with Crippen molar-refractivity contribution in [2.75, 3.05) is 14.1 Å². The third kappa shape index (κ3) is 2.29. The first-order valence-corrected chi connectivity index (χ1v) is 4.62. The van der Waals surface area contributed by atoms with E-state index in [0.29, 0.717) is 10.7 Å². The van der Waals surface area contributed by atoms with Gasteiger partial charge < -0.3 is 5.32 Å². The van der Waals surface area contributed by atoms with Crippen molar-refractivity contribution in [3.05, 3.63) is 35.9 Å². The highest BCUT2D eigenvalue weighted by Crippen LogP contribution is 2.02. The molecule has 0 aliphatic carbocycles. The highest BCUT2D eigenvalue weighted by molar-refractivity contribution is 7.80. The standard InChI is InChI=1S/C10H12N2OS/c1-11-10(14)12(2)9(13)8-6-4-3-5-7-8/h3-7H,1-2H3,(H,11,14). The van der Waals surface area contributed by atoms with Crippen LogP contribution < -0.4 is 5.32 Å². The maximum absolute atomic E-state index is 11.7. The number of carbonyl (C=O) groups is 1. The smallest absolute Gasteiger partial charge is 0.259 e. The second-order valence-electron chi connectivity index (χ2n) is 2.79. The summed E-state index contributed by atoms with van der Waals surface area (Å²) in [5.41, 5.74) is 0.632. The summed E-state index contributed by atoms with van der Waals surface area (Å²) in [5.74, 6) is -0.107. The molecule has 14 heavy (non-hydrogen) atoms. The summed E-state index contributed by atoms with van der Waals surface area (Å²) in [6, 6.07) is 9.04. The minimum absolute atomic E-state index is 0.107. The molecule has 0 bridgehead atoms. The second-order valence-corrected chi connectivity index (χ2v) is 3.17. The molecule has 1 amide bonds. The molecule has 0 saturated carbocycles. The van der Waals surface area contributed by atoms with Crippen LogP contribution in [0.5, 0.6) is 0 Å². The Morgan fingerprint density at radius 2 is 1.93 bits per heavy atom. The van der Waals surface area contributed by atoms with Crippen LogP contribution in [0.15, 0.2) is 30.3 Å². The summed E-state index contributed by atoms with van der Waals surface area (Å²) in [5, 5.41) is 3.17. The zero-order valence-corrected chi connectivity index (χ0v) is 8.97. The van der Waals surface area contributed by atoms with Crippen LogP contribution in [-0.2, 0) is 0 Å². The molecule has 1 aromatic rings. The van der Waals surface area contributed by atoms with Crippen LogP contribution in [-0.4, -0.2) is 30.0 Å². The topological polar surface area (TPSA) is 32.3 Å². The Morgan fingerprint density at radius 1 is 1.36 bits per heavy atom. The fourth-order valence-corrected chi connectivity index (χ4v) is 1.12. The Kier molecular flexibility index (Phi) is 3.59. The van der Waals surface area contributed by atoms with E-state index in [-0.39, 0.29) is 5.91 Å². The van der Waals surface area contributed by atoms with Crippen molar-refractivity contribution >= 4 is 23.2 Å². The van der Waals surface area contributed by atoms with Gasteiger partial charge in [0.05, 0.1) is 0 Å². The molecule has 0 aliphatic heterocycles. The van der Waals surface area contributed by atoms with Crippen LogP contribution in [0.2, 0.25) is 0 Å². The molecule has 0 heterocycles. The van der Waals surface area contributed by atoms with Gasteiger partial charge >= 0.3 is 0 Å². The second kappa shape index (κ2) is 4.72. The van der Waals surface area contributed by atoms with Gasteiger partial charge in [-0.15, -0.1) is 0 Å². The average molecular weight is 208 g/mol. The lowest BCUT2D eigenvalue weighted by molar-refractivity contribution is 0.0870. The first-order valence-electron chi connectivity index (χ1n) is 4.21. The molecule has 1 rings (SSSR count). The van der Waals surface area contributed by atoms with Gasteiger partial charge in [0.15, 0.2) is 5.11 Å². The van der Waals surface area contributed by atoms with Gasteiger partial charge in [-0.1, -0.05) is 18.2 Å². The van der Waals surface area contributed by atoms with E-state index in [0.717, 1.165) is 0 Å². The zero-order chi connectivity index (χ0) is 10.6. The molecule has 0 unspecified atom stereocenters. The van der Waals surface area contributed by atoms with Crippen molar-refractivity contribution in [1.29, 1.82) is 0 Å². The summed E-state index contributed by atoms with van der Waals surface area (Å²) in [4.78, 5) is 13.2. The Balaban J connectivity index is 2.81. The quantitative estimate of drug-likeness (QED) is 0.705. The van der Waals surface area contributed by atoms with Gasteiger partial charge in [-0.25, -0.2) is 0 Å². The molecule has 3 nitrogen and oxygen atoms in total. The minimum Gasteiger partial charge on any atom is -0.365 e.